The van der Waals surface area contributed by atoms with E-state index in [0.29, 0.717) is 6.54 Å². The van der Waals surface area contributed by atoms with Crippen molar-refractivity contribution >= 4 is 5.69 Å². The quantitative estimate of drug-likeness (QED) is 0.939. The molecule has 0 aliphatic carbocycles. The van der Waals surface area contributed by atoms with Gasteiger partial charge in [0, 0.05) is 13.1 Å². The van der Waals surface area contributed by atoms with Crippen molar-refractivity contribution in [1.82, 2.24) is 0 Å². The molecule has 1 atom stereocenters. The molecule has 2 N–H and O–H groups in total. The lowest BCUT2D eigenvalue weighted by Gasteiger charge is -2.36. The SMILES string of the molecule is CCC1CN(Cc2ccc(F)cc2)c2ccc(CN)cc2O1. The van der Waals surface area contributed by atoms with E-state index in [0.717, 1.165) is 42.1 Å². The third-order valence-electron chi connectivity index (χ3n) is 4.06. The Morgan fingerprint density at radius 3 is 2.59 bits per heavy atom. The lowest BCUT2D eigenvalue weighted by molar-refractivity contribution is 0.188. The van der Waals surface area contributed by atoms with Gasteiger partial charge in [-0.2, -0.15) is 0 Å². The summed E-state index contributed by atoms with van der Waals surface area (Å²) in [6.07, 6.45) is 1.12. The van der Waals surface area contributed by atoms with Gasteiger partial charge in [0.2, 0.25) is 0 Å². The average Bonchev–Trinajstić information content (AvgIpc) is 2.56. The van der Waals surface area contributed by atoms with Crippen molar-refractivity contribution in [2.24, 2.45) is 5.73 Å². The molecule has 1 unspecified atom stereocenters. The molecule has 0 spiro atoms. The molecule has 2 aromatic carbocycles. The molecule has 0 saturated carbocycles. The first-order valence-corrected chi connectivity index (χ1v) is 7.68. The molecule has 0 radical (unpaired) electrons. The van der Waals surface area contributed by atoms with E-state index in [9.17, 15) is 4.39 Å². The second-order valence-corrected chi connectivity index (χ2v) is 5.66. The molecule has 1 heterocycles. The summed E-state index contributed by atoms with van der Waals surface area (Å²) >= 11 is 0. The lowest BCUT2D eigenvalue weighted by Crippen LogP contribution is -2.39. The minimum atomic E-state index is -0.204. The molecule has 0 amide bonds. The van der Waals surface area contributed by atoms with Gasteiger partial charge in [0.05, 0.1) is 12.2 Å². The number of hydrogen-bond acceptors (Lipinski definition) is 3. The monoisotopic (exact) mass is 300 g/mol. The first-order chi connectivity index (χ1) is 10.7. The van der Waals surface area contributed by atoms with Crippen molar-refractivity contribution in [2.75, 3.05) is 11.4 Å². The maximum Gasteiger partial charge on any atom is 0.143 e. The molecular weight excluding hydrogens is 279 g/mol. The molecule has 1 aliphatic heterocycles. The highest BCUT2D eigenvalue weighted by atomic mass is 19.1. The molecule has 3 rings (SSSR count). The van der Waals surface area contributed by atoms with Crippen LogP contribution in [-0.4, -0.2) is 12.6 Å². The zero-order chi connectivity index (χ0) is 15.5. The Morgan fingerprint density at radius 1 is 1.18 bits per heavy atom. The Hall–Kier alpha value is -2.07. The van der Waals surface area contributed by atoms with E-state index in [1.54, 1.807) is 0 Å². The minimum Gasteiger partial charge on any atom is -0.486 e. The van der Waals surface area contributed by atoms with E-state index < -0.39 is 0 Å². The zero-order valence-corrected chi connectivity index (χ0v) is 12.8. The highest BCUT2D eigenvalue weighted by Crippen LogP contribution is 2.35. The van der Waals surface area contributed by atoms with Crippen LogP contribution in [0.3, 0.4) is 0 Å². The van der Waals surface area contributed by atoms with Gasteiger partial charge in [0.1, 0.15) is 17.7 Å². The molecule has 0 bridgehead atoms. The third-order valence-corrected chi connectivity index (χ3v) is 4.06. The first-order valence-electron chi connectivity index (χ1n) is 7.68. The fraction of sp³-hybridized carbons (Fsp3) is 0.333. The number of nitrogens with zero attached hydrogens (tertiary/aromatic N) is 1. The van der Waals surface area contributed by atoms with Gasteiger partial charge < -0.3 is 15.4 Å². The number of fused-ring (bicyclic) bond motifs is 1. The number of ether oxygens (including phenoxy) is 1. The normalized spacial score (nSPS) is 17.0. The van der Waals surface area contributed by atoms with Crippen LogP contribution in [0, 0.1) is 5.82 Å². The average molecular weight is 300 g/mol. The van der Waals surface area contributed by atoms with Crippen LogP contribution >= 0.6 is 0 Å². The van der Waals surface area contributed by atoms with Crippen LogP contribution in [0.4, 0.5) is 10.1 Å². The summed E-state index contributed by atoms with van der Waals surface area (Å²) < 4.78 is 19.1. The van der Waals surface area contributed by atoms with Crippen LogP contribution in [0.15, 0.2) is 42.5 Å². The Balaban J connectivity index is 1.89. The largest absolute Gasteiger partial charge is 0.486 e. The maximum absolute atomic E-state index is 13.1. The predicted molar refractivity (Wildman–Crippen MR) is 86.5 cm³/mol. The molecule has 4 heteroatoms. The van der Waals surface area contributed by atoms with Crippen LogP contribution in [-0.2, 0) is 13.1 Å². The fourth-order valence-corrected chi connectivity index (χ4v) is 2.77. The van der Waals surface area contributed by atoms with Gasteiger partial charge in [-0.3, -0.25) is 0 Å². The van der Waals surface area contributed by atoms with Crippen molar-refractivity contribution < 1.29 is 9.13 Å². The van der Waals surface area contributed by atoms with Crippen LogP contribution in [0.25, 0.3) is 0 Å². The number of anilines is 1. The van der Waals surface area contributed by atoms with Gasteiger partial charge in [-0.15, -0.1) is 0 Å². The Bertz CT molecular complexity index is 642. The summed E-state index contributed by atoms with van der Waals surface area (Å²) in [5.74, 6) is 0.688. The van der Waals surface area contributed by atoms with E-state index in [4.69, 9.17) is 10.5 Å². The van der Waals surface area contributed by atoms with Crippen molar-refractivity contribution in [3.05, 3.63) is 59.4 Å². The summed E-state index contributed by atoms with van der Waals surface area (Å²) in [5.41, 5.74) is 8.95. The second-order valence-electron chi connectivity index (χ2n) is 5.66. The van der Waals surface area contributed by atoms with Crippen molar-refractivity contribution in [2.45, 2.75) is 32.5 Å². The summed E-state index contributed by atoms with van der Waals surface area (Å²) in [6, 6.07) is 12.8. The van der Waals surface area contributed by atoms with E-state index >= 15 is 0 Å². The summed E-state index contributed by atoms with van der Waals surface area (Å²) in [7, 11) is 0. The van der Waals surface area contributed by atoms with Crippen LogP contribution in [0.1, 0.15) is 24.5 Å². The van der Waals surface area contributed by atoms with Gasteiger partial charge in [0.15, 0.2) is 0 Å². The minimum absolute atomic E-state index is 0.168. The predicted octanol–water partition coefficient (Wildman–Crippen LogP) is 3.46. The first kappa shape index (κ1) is 14.9. The van der Waals surface area contributed by atoms with Crippen molar-refractivity contribution in [3.8, 4) is 5.75 Å². The van der Waals surface area contributed by atoms with Crippen LogP contribution in [0.2, 0.25) is 0 Å². The van der Waals surface area contributed by atoms with Gasteiger partial charge in [0.25, 0.3) is 0 Å². The molecule has 0 saturated heterocycles. The molecule has 3 nitrogen and oxygen atoms in total. The number of halogens is 1. The molecule has 22 heavy (non-hydrogen) atoms. The summed E-state index contributed by atoms with van der Waals surface area (Å²) in [5, 5.41) is 0. The lowest BCUT2D eigenvalue weighted by atomic mass is 10.1. The third kappa shape index (κ3) is 3.07. The molecule has 0 aromatic heterocycles. The Morgan fingerprint density at radius 2 is 1.91 bits per heavy atom. The number of rotatable bonds is 4. The second kappa shape index (κ2) is 6.36. The standard InChI is InChI=1S/C18H21FN2O/c1-2-16-12-21(11-13-3-6-15(19)7-4-13)17-8-5-14(10-20)9-18(17)22-16/h3-9,16H,2,10-12,20H2,1H3. The Labute approximate surface area is 130 Å². The zero-order valence-electron chi connectivity index (χ0n) is 12.8. The number of hydrogen-bond donors (Lipinski definition) is 1. The van der Waals surface area contributed by atoms with E-state index in [-0.39, 0.29) is 11.9 Å². The van der Waals surface area contributed by atoms with E-state index in [1.165, 1.54) is 12.1 Å². The van der Waals surface area contributed by atoms with Gasteiger partial charge in [-0.05, 0) is 41.8 Å². The number of nitrogens with two attached hydrogens (primary N) is 1. The molecule has 2 aromatic rings. The molecule has 0 fully saturated rings. The van der Waals surface area contributed by atoms with Crippen molar-refractivity contribution in [1.29, 1.82) is 0 Å². The Kier molecular flexibility index (Phi) is 4.29. The molecule has 116 valence electrons. The summed E-state index contributed by atoms with van der Waals surface area (Å²) in [6.45, 7) is 4.21. The van der Waals surface area contributed by atoms with Crippen LogP contribution in [0.5, 0.6) is 5.75 Å². The van der Waals surface area contributed by atoms with Crippen LogP contribution < -0.4 is 15.4 Å². The number of benzene rings is 2. The van der Waals surface area contributed by atoms with Gasteiger partial charge >= 0.3 is 0 Å². The van der Waals surface area contributed by atoms with E-state index in [2.05, 4.69) is 17.9 Å². The van der Waals surface area contributed by atoms with Gasteiger partial charge in [-0.1, -0.05) is 25.1 Å². The highest BCUT2D eigenvalue weighted by Gasteiger charge is 2.24. The highest BCUT2D eigenvalue weighted by molar-refractivity contribution is 5.61. The topological polar surface area (TPSA) is 38.5 Å². The summed E-state index contributed by atoms with van der Waals surface area (Å²) in [4.78, 5) is 2.29. The maximum atomic E-state index is 13.1. The molecule has 1 aliphatic rings. The smallest absolute Gasteiger partial charge is 0.143 e. The molecular formula is C18H21FN2O. The van der Waals surface area contributed by atoms with Gasteiger partial charge in [-0.25, -0.2) is 4.39 Å². The van der Waals surface area contributed by atoms with E-state index in [1.807, 2.05) is 24.3 Å². The fourth-order valence-electron chi connectivity index (χ4n) is 2.77. The van der Waals surface area contributed by atoms with Crippen molar-refractivity contribution in [3.63, 3.8) is 0 Å².